The van der Waals surface area contributed by atoms with Crippen molar-refractivity contribution in [1.29, 1.82) is 0 Å². The van der Waals surface area contributed by atoms with Crippen LogP contribution in [0.25, 0.3) is 10.9 Å². The summed E-state index contributed by atoms with van der Waals surface area (Å²) in [5.74, 6) is 1.30. The number of pyridine rings is 1. The third kappa shape index (κ3) is 3.76. The number of hydrogen-bond donors (Lipinski definition) is 1. The number of rotatable bonds is 6. The molecule has 0 spiro atoms. The highest BCUT2D eigenvalue weighted by molar-refractivity contribution is 5.88. The summed E-state index contributed by atoms with van der Waals surface area (Å²) in [6.07, 6.45) is -1.61. The van der Waals surface area contributed by atoms with E-state index in [0.717, 1.165) is 22.9 Å². The van der Waals surface area contributed by atoms with E-state index in [0.29, 0.717) is 17.7 Å². The van der Waals surface area contributed by atoms with E-state index >= 15 is 0 Å². The van der Waals surface area contributed by atoms with Crippen molar-refractivity contribution in [1.82, 2.24) is 14.8 Å². The molecule has 1 atom stereocenters. The first-order valence-electron chi connectivity index (χ1n) is 8.19. The zero-order chi connectivity index (χ0) is 19.6. The van der Waals surface area contributed by atoms with E-state index in [2.05, 4.69) is 15.4 Å². The van der Waals surface area contributed by atoms with Gasteiger partial charge in [0.15, 0.2) is 11.6 Å². The molecule has 0 aliphatic rings. The number of nitrogens with zero attached hydrogens (tertiary/aromatic N) is 3. The normalized spacial score (nSPS) is 12.8. The van der Waals surface area contributed by atoms with E-state index in [1.165, 1.54) is 19.5 Å². The Bertz CT molecular complexity index is 923. The Kier molecular flexibility index (Phi) is 5.11. The van der Waals surface area contributed by atoms with E-state index in [1.807, 2.05) is 24.3 Å². The second-order valence-electron chi connectivity index (χ2n) is 5.95. The lowest BCUT2D eigenvalue weighted by molar-refractivity contribution is -0.164. The highest BCUT2D eigenvalue weighted by Crippen LogP contribution is 2.37. The summed E-state index contributed by atoms with van der Waals surface area (Å²) in [5, 5.41) is 7.46. The van der Waals surface area contributed by atoms with Crippen LogP contribution in [-0.4, -0.2) is 35.2 Å². The van der Waals surface area contributed by atoms with Crippen molar-refractivity contribution in [2.75, 3.05) is 19.5 Å². The summed E-state index contributed by atoms with van der Waals surface area (Å²) >= 11 is 0. The molecule has 0 saturated carbocycles. The van der Waals surface area contributed by atoms with Crippen molar-refractivity contribution in [2.24, 2.45) is 0 Å². The first-order valence-corrected chi connectivity index (χ1v) is 8.19. The minimum atomic E-state index is -4.43. The molecular formula is C18H19F3N4O2. The molecule has 2 heterocycles. The molecule has 9 heteroatoms. The monoisotopic (exact) mass is 380 g/mol. The molecule has 1 unspecified atom stereocenters. The van der Waals surface area contributed by atoms with Crippen molar-refractivity contribution >= 4 is 16.7 Å². The second-order valence-corrected chi connectivity index (χ2v) is 5.95. The lowest BCUT2D eigenvalue weighted by Gasteiger charge is -2.19. The fraction of sp³-hybridized carbons (Fsp3) is 0.333. The van der Waals surface area contributed by atoms with Crippen molar-refractivity contribution < 1.29 is 22.6 Å². The van der Waals surface area contributed by atoms with Gasteiger partial charge >= 0.3 is 6.18 Å². The van der Waals surface area contributed by atoms with Gasteiger partial charge in [0.25, 0.3) is 0 Å². The van der Waals surface area contributed by atoms with Gasteiger partial charge in [-0.3, -0.25) is 0 Å². The molecule has 144 valence electrons. The van der Waals surface area contributed by atoms with Crippen LogP contribution in [0.2, 0.25) is 0 Å². The Hall–Kier alpha value is -2.97. The van der Waals surface area contributed by atoms with Gasteiger partial charge in [0.1, 0.15) is 17.3 Å². The molecule has 0 amide bonds. The predicted octanol–water partition coefficient (Wildman–Crippen LogP) is 4.18. The van der Waals surface area contributed by atoms with Crippen LogP contribution in [-0.2, 0) is 6.54 Å². The third-order valence-corrected chi connectivity index (χ3v) is 4.25. The number of ether oxygens (including phenoxy) is 2. The van der Waals surface area contributed by atoms with Crippen LogP contribution >= 0.6 is 0 Å². The number of methoxy groups -OCH3 is 2. The summed E-state index contributed by atoms with van der Waals surface area (Å²) in [5.41, 5.74) is 1.20. The number of nitrogens with one attached hydrogen (secondary N) is 1. The SMILES string of the molecule is COc1ccc(CNc2ncc3cnn(C(C)C(F)(F)F)c3c2OC)cc1. The van der Waals surface area contributed by atoms with Gasteiger partial charge in [0, 0.05) is 18.1 Å². The molecule has 0 aliphatic heterocycles. The summed E-state index contributed by atoms with van der Waals surface area (Å²) in [6, 6.07) is 5.62. The molecular weight excluding hydrogens is 361 g/mol. The summed E-state index contributed by atoms with van der Waals surface area (Å²) < 4.78 is 50.9. The van der Waals surface area contributed by atoms with Crippen LogP contribution in [0.1, 0.15) is 18.5 Å². The zero-order valence-electron chi connectivity index (χ0n) is 15.0. The molecule has 1 aromatic carbocycles. The number of halogens is 3. The summed E-state index contributed by atoms with van der Waals surface area (Å²) in [4.78, 5) is 4.27. The second kappa shape index (κ2) is 7.34. The van der Waals surface area contributed by atoms with Crippen molar-refractivity contribution in [2.45, 2.75) is 25.7 Å². The van der Waals surface area contributed by atoms with Crippen LogP contribution in [0.5, 0.6) is 11.5 Å². The number of alkyl halides is 3. The summed E-state index contributed by atoms with van der Waals surface area (Å²) in [6.45, 7) is 1.47. The van der Waals surface area contributed by atoms with Gasteiger partial charge in [-0.25, -0.2) is 9.67 Å². The van der Waals surface area contributed by atoms with Gasteiger partial charge in [-0.15, -0.1) is 0 Å². The van der Waals surface area contributed by atoms with Crippen LogP contribution < -0.4 is 14.8 Å². The fourth-order valence-electron chi connectivity index (χ4n) is 2.69. The van der Waals surface area contributed by atoms with Gasteiger partial charge in [-0.2, -0.15) is 18.3 Å². The van der Waals surface area contributed by atoms with Crippen molar-refractivity contribution in [3.8, 4) is 11.5 Å². The van der Waals surface area contributed by atoms with E-state index in [1.54, 1.807) is 7.11 Å². The lowest BCUT2D eigenvalue weighted by Crippen LogP contribution is -2.24. The molecule has 2 aromatic heterocycles. The van der Waals surface area contributed by atoms with E-state index < -0.39 is 12.2 Å². The Morgan fingerprint density at radius 1 is 1.11 bits per heavy atom. The maximum atomic E-state index is 13.2. The average molecular weight is 380 g/mol. The van der Waals surface area contributed by atoms with Crippen molar-refractivity contribution in [3.05, 3.63) is 42.2 Å². The standard InChI is InChI=1S/C18H19F3N4O2/c1-11(18(19,20)21)25-15-13(10-24-25)9-23-17(16(15)27-3)22-8-12-4-6-14(26-2)7-5-12/h4-7,9-11H,8H2,1-3H3,(H,22,23). The number of anilines is 1. The minimum absolute atomic E-state index is 0.217. The molecule has 1 N–H and O–H groups in total. The lowest BCUT2D eigenvalue weighted by atomic mass is 10.2. The summed E-state index contributed by atoms with van der Waals surface area (Å²) in [7, 11) is 2.98. The minimum Gasteiger partial charge on any atom is -0.497 e. The van der Waals surface area contributed by atoms with E-state index in [9.17, 15) is 13.2 Å². The molecule has 0 bridgehead atoms. The van der Waals surface area contributed by atoms with E-state index in [4.69, 9.17) is 9.47 Å². The maximum Gasteiger partial charge on any atom is 0.410 e. The third-order valence-electron chi connectivity index (χ3n) is 4.25. The van der Waals surface area contributed by atoms with Crippen LogP contribution in [0, 0.1) is 0 Å². The van der Waals surface area contributed by atoms with Gasteiger partial charge in [-0.05, 0) is 24.6 Å². The zero-order valence-corrected chi connectivity index (χ0v) is 15.0. The topological polar surface area (TPSA) is 61.2 Å². The van der Waals surface area contributed by atoms with E-state index in [-0.39, 0.29) is 11.3 Å². The maximum absolute atomic E-state index is 13.2. The Labute approximate surface area is 153 Å². The molecule has 3 aromatic rings. The van der Waals surface area contributed by atoms with Gasteiger partial charge in [0.2, 0.25) is 0 Å². The average Bonchev–Trinajstić information content (AvgIpc) is 3.08. The van der Waals surface area contributed by atoms with Gasteiger partial charge in [0.05, 0.1) is 20.4 Å². The smallest absolute Gasteiger partial charge is 0.410 e. The Morgan fingerprint density at radius 3 is 2.41 bits per heavy atom. The van der Waals surface area contributed by atoms with Gasteiger partial charge < -0.3 is 14.8 Å². The number of fused-ring (bicyclic) bond motifs is 1. The van der Waals surface area contributed by atoms with Crippen LogP contribution in [0.4, 0.5) is 19.0 Å². The number of aromatic nitrogens is 3. The molecule has 27 heavy (non-hydrogen) atoms. The Morgan fingerprint density at radius 2 is 1.81 bits per heavy atom. The molecule has 0 radical (unpaired) electrons. The highest BCUT2D eigenvalue weighted by Gasteiger charge is 2.39. The molecule has 0 aliphatic carbocycles. The first kappa shape index (κ1) is 18.8. The Balaban J connectivity index is 1.93. The quantitative estimate of drug-likeness (QED) is 0.695. The van der Waals surface area contributed by atoms with Crippen LogP contribution in [0.3, 0.4) is 0 Å². The number of benzene rings is 1. The van der Waals surface area contributed by atoms with Crippen molar-refractivity contribution in [3.63, 3.8) is 0 Å². The van der Waals surface area contributed by atoms with Gasteiger partial charge in [-0.1, -0.05) is 12.1 Å². The predicted molar refractivity (Wildman–Crippen MR) is 95.2 cm³/mol. The molecule has 6 nitrogen and oxygen atoms in total. The highest BCUT2D eigenvalue weighted by atomic mass is 19.4. The number of hydrogen-bond acceptors (Lipinski definition) is 5. The molecule has 3 rings (SSSR count). The largest absolute Gasteiger partial charge is 0.497 e. The molecule has 0 saturated heterocycles. The van der Waals surface area contributed by atoms with Crippen LogP contribution in [0.15, 0.2) is 36.7 Å². The first-order chi connectivity index (χ1) is 12.8. The fourth-order valence-corrected chi connectivity index (χ4v) is 2.69. The molecule has 0 fully saturated rings.